The summed E-state index contributed by atoms with van der Waals surface area (Å²) in [5.74, 6) is 0.670. The van der Waals surface area contributed by atoms with Gasteiger partial charge in [-0.3, -0.25) is 9.59 Å². The van der Waals surface area contributed by atoms with Gasteiger partial charge in [0.1, 0.15) is 20.8 Å². The van der Waals surface area contributed by atoms with Crippen LogP contribution in [-0.4, -0.2) is 32.1 Å². The van der Waals surface area contributed by atoms with Crippen LogP contribution in [-0.2, 0) is 16.0 Å². The summed E-state index contributed by atoms with van der Waals surface area (Å²) < 4.78 is 0. The normalized spacial score (nSPS) is 20.8. The zero-order chi connectivity index (χ0) is 17.1. The Hall–Kier alpha value is -1.74. The van der Waals surface area contributed by atoms with E-state index in [1.165, 1.54) is 18.3 Å². The van der Waals surface area contributed by atoms with Crippen LogP contribution >= 0.6 is 22.7 Å². The standard InChI is InChI=1S/C15H19N5O2S2/c1-8(21)6-12-17-18-13(23-12)10-4-3-5-11(7-10)14-19-20-15(24-14)16-9(2)22/h10-11H,3-7H2,1-2H3,(H,16,20,22)/t10-,11?/m0/s1. The lowest BCUT2D eigenvalue weighted by Crippen LogP contribution is -2.12. The second-order valence-electron chi connectivity index (χ2n) is 6.10. The number of ketones is 1. The topological polar surface area (TPSA) is 97.7 Å². The third-order valence-corrected chi connectivity index (χ3v) is 6.07. The van der Waals surface area contributed by atoms with E-state index < -0.39 is 0 Å². The van der Waals surface area contributed by atoms with E-state index in [4.69, 9.17) is 0 Å². The monoisotopic (exact) mass is 365 g/mol. The molecule has 1 amide bonds. The number of hydrogen-bond donors (Lipinski definition) is 1. The number of aromatic nitrogens is 4. The molecule has 2 heterocycles. The molecule has 1 aliphatic rings. The van der Waals surface area contributed by atoms with Crippen LogP contribution < -0.4 is 5.32 Å². The van der Waals surface area contributed by atoms with E-state index in [2.05, 4.69) is 25.7 Å². The fourth-order valence-electron chi connectivity index (χ4n) is 2.95. The Morgan fingerprint density at radius 3 is 2.38 bits per heavy atom. The zero-order valence-corrected chi connectivity index (χ0v) is 15.2. The molecule has 1 unspecified atom stereocenters. The molecule has 2 aromatic rings. The SMILES string of the molecule is CC(=O)Cc1nnc([C@H]2CCCC(c3nnc(NC(C)=O)s3)C2)s1. The van der Waals surface area contributed by atoms with Crippen LogP contribution in [0.3, 0.4) is 0 Å². The summed E-state index contributed by atoms with van der Waals surface area (Å²) in [6.45, 7) is 3.03. The molecule has 3 rings (SSSR count). The van der Waals surface area contributed by atoms with Crippen LogP contribution in [0.15, 0.2) is 0 Å². The highest BCUT2D eigenvalue weighted by Crippen LogP contribution is 2.43. The first-order valence-electron chi connectivity index (χ1n) is 7.94. The van der Waals surface area contributed by atoms with Crippen LogP contribution in [0.2, 0.25) is 0 Å². The van der Waals surface area contributed by atoms with Crippen molar-refractivity contribution in [1.82, 2.24) is 20.4 Å². The predicted octanol–water partition coefficient (Wildman–Crippen LogP) is 2.92. The first-order chi connectivity index (χ1) is 11.5. The molecule has 0 aliphatic heterocycles. The largest absolute Gasteiger partial charge is 0.301 e. The van der Waals surface area contributed by atoms with E-state index in [1.807, 2.05) is 0 Å². The Bertz CT molecular complexity index is 682. The van der Waals surface area contributed by atoms with Crippen molar-refractivity contribution in [2.75, 3.05) is 5.32 Å². The minimum Gasteiger partial charge on any atom is -0.301 e. The maximum Gasteiger partial charge on any atom is 0.223 e. The lowest BCUT2D eigenvalue weighted by molar-refractivity contribution is -0.116. The third kappa shape index (κ3) is 4.21. The molecule has 0 bridgehead atoms. The van der Waals surface area contributed by atoms with Gasteiger partial charge in [-0.15, -0.1) is 31.7 Å². The molecule has 7 nitrogen and oxygen atoms in total. The molecule has 24 heavy (non-hydrogen) atoms. The van der Waals surface area contributed by atoms with Crippen LogP contribution in [0.25, 0.3) is 0 Å². The van der Waals surface area contributed by atoms with Crippen molar-refractivity contribution in [2.45, 2.75) is 57.8 Å². The first kappa shape index (κ1) is 17.1. The number of rotatable bonds is 5. The van der Waals surface area contributed by atoms with E-state index in [-0.39, 0.29) is 11.7 Å². The molecule has 128 valence electrons. The Balaban J connectivity index is 1.67. The zero-order valence-electron chi connectivity index (χ0n) is 13.6. The Kier molecular flexibility index (Phi) is 5.30. The van der Waals surface area contributed by atoms with Gasteiger partial charge >= 0.3 is 0 Å². The molecular weight excluding hydrogens is 346 g/mol. The highest BCUT2D eigenvalue weighted by molar-refractivity contribution is 7.15. The number of anilines is 1. The Labute approximate surface area is 147 Å². The second kappa shape index (κ2) is 7.43. The van der Waals surface area contributed by atoms with Crippen LogP contribution in [0.1, 0.15) is 66.4 Å². The summed E-state index contributed by atoms with van der Waals surface area (Å²) in [6.07, 6.45) is 4.59. The second-order valence-corrected chi connectivity index (χ2v) is 8.20. The molecule has 1 saturated carbocycles. The van der Waals surface area contributed by atoms with E-state index in [0.717, 1.165) is 40.7 Å². The fraction of sp³-hybridized carbons (Fsp3) is 0.600. The molecule has 0 aromatic carbocycles. The first-order valence-corrected chi connectivity index (χ1v) is 9.57. The van der Waals surface area contributed by atoms with Gasteiger partial charge < -0.3 is 5.32 Å². The molecule has 9 heteroatoms. The van der Waals surface area contributed by atoms with Gasteiger partial charge in [0.15, 0.2) is 0 Å². The van der Waals surface area contributed by atoms with Crippen LogP contribution in [0.5, 0.6) is 0 Å². The number of carbonyl (C=O) groups is 2. The molecule has 1 aliphatic carbocycles. The van der Waals surface area contributed by atoms with Gasteiger partial charge in [-0.25, -0.2) is 0 Å². The molecule has 1 N–H and O–H groups in total. The predicted molar refractivity (Wildman–Crippen MR) is 92.5 cm³/mol. The minimum atomic E-state index is -0.133. The van der Waals surface area contributed by atoms with Crippen molar-refractivity contribution in [1.29, 1.82) is 0 Å². The van der Waals surface area contributed by atoms with E-state index in [0.29, 0.717) is 23.4 Å². The quantitative estimate of drug-likeness (QED) is 0.875. The summed E-state index contributed by atoms with van der Waals surface area (Å²) in [4.78, 5) is 22.3. The van der Waals surface area contributed by atoms with Crippen LogP contribution in [0.4, 0.5) is 5.13 Å². The molecule has 0 saturated heterocycles. The van der Waals surface area contributed by atoms with Gasteiger partial charge in [-0.05, 0) is 26.2 Å². The van der Waals surface area contributed by atoms with E-state index >= 15 is 0 Å². The molecule has 2 aromatic heterocycles. The van der Waals surface area contributed by atoms with Gasteiger partial charge in [0.25, 0.3) is 0 Å². The van der Waals surface area contributed by atoms with Crippen molar-refractivity contribution in [3.05, 3.63) is 15.0 Å². The Morgan fingerprint density at radius 2 is 1.71 bits per heavy atom. The van der Waals surface area contributed by atoms with Crippen molar-refractivity contribution in [2.24, 2.45) is 0 Å². The van der Waals surface area contributed by atoms with Gasteiger partial charge in [0.2, 0.25) is 11.0 Å². The number of Topliss-reactive ketones (excluding diaryl/α,β-unsaturated/α-hetero) is 1. The fourth-order valence-corrected chi connectivity index (χ4v) is 4.95. The lowest BCUT2D eigenvalue weighted by atomic mass is 9.82. The number of nitrogens with zero attached hydrogens (tertiary/aromatic N) is 4. The number of hydrogen-bond acceptors (Lipinski definition) is 8. The number of amides is 1. The number of nitrogens with one attached hydrogen (secondary N) is 1. The van der Waals surface area contributed by atoms with Crippen LogP contribution in [0, 0.1) is 0 Å². The Morgan fingerprint density at radius 1 is 1.04 bits per heavy atom. The number of carbonyl (C=O) groups excluding carboxylic acids is 2. The smallest absolute Gasteiger partial charge is 0.223 e. The van der Waals surface area contributed by atoms with Gasteiger partial charge in [-0.1, -0.05) is 17.8 Å². The molecular formula is C15H19N5O2S2. The average Bonchev–Trinajstić information content (AvgIpc) is 3.16. The van der Waals surface area contributed by atoms with Crippen molar-refractivity contribution in [3.63, 3.8) is 0 Å². The summed E-state index contributed by atoms with van der Waals surface area (Å²) in [5, 5.41) is 22.7. The molecule has 0 radical (unpaired) electrons. The average molecular weight is 365 g/mol. The highest BCUT2D eigenvalue weighted by atomic mass is 32.1. The van der Waals surface area contributed by atoms with E-state index in [1.54, 1.807) is 18.3 Å². The van der Waals surface area contributed by atoms with Crippen molar-refractivity contribution >= 4 is 39.5 Å². The minimum absolute atomic E-state index is 0.110. The summed E-state index contributed by atoms with van der Waals surface area (Å²) in [7, 11) is 0. The lowest BCUT2D eigenvalue weighted by Gasteiger charge is -2.25. The maximum atomic E-state index is 11.2. The third-order valence-electron chi connectivity index (χ3n) is 3.98. The van der Waals surface area contributed by atoms with Crippen molar-refractivity contribution < 1.29 is 9.59 Å². The molecule has 0 spiro atoms. The highest BCUT2D eigenvalue weighted by Gasteiger charge is 2.29. The van der Waals surface area contributed by atoms with Gasteiger partial charge in [-0.2, -0.15) is 0 Å². The molecule has 1 fully saturated rings. The summed E-state index contributed by atoms with van der Waals surface area (Å²) in [6, 6.07) is 0. The summed E-state index contributed by atoms with van der Waals surface area (Å²) in [5.41, 5.74) is 0. The van der Waals surface area contributed by atoms with E-state index in [9.17, 15) is 9.59 Å². The molecule has 2 atom stereocenters. The van der Waals surface area contributed by atoms with Crippen molar-refractivity contribution in [3.8, 4) is 0 Å². The summed E-state index contributed by atoms with van der Waals surface area (Å²) >= 11 is 2.99. The van der Waals surface area contributed by atoms with Gasteiger partial charge in [0, 0.05) is 18.8 Å². The van der Waals surface area contributed by atoms with Gasteiger partial charge in [0.05, 0.1) is 6.42 Å². The maximum absolute atomic E-state index is 11.2.